The molecule has 1 N–H and O–H groups in total. The predicted octanol–water partition coefficient (Wildman–Crippen LogP) is 3.30. The first kappa shape index (κ1) is 13.1. The van der Waals surface area contributed by atoms with Gasteiger partial charge in [-0.25, -0.2) is 0 Å². The lowest BCUT2D eigenvalue weighted by molar-refractivity contribution is -0.131. The number of carbonyl (C=O) groups is 1. The van der Waals surface area contributed by atoms with E-state index in [1.807, 2.05) is 0 Å². The molecule has 17 heavy (non-hydrogen) atoms. The van der Waals surface area contributed by atoms with E-state index in [9.17, 15) is 4.79 Å². The van der Waals surface area contributed by atoms with E-state index in [2.05, 4.69) is 19.2 Å². The largest absolute Gasteiger partial charge is 0.305 e. The molecule has 2 nitrogen and oxygen atoms in total. The Kier molecular flexibility index (Phi) is 4.24. The molecule has 1 saturated heterocycles. The van der Waals surface area contributed by atoms with Crippen LogP contribution in [0.5, 0.6) is 0 Å². The number of carbonyl (C=O) groups excluding carboxylic acids is 1. The van der Waals surface area contributed by atoms with Gasteiger partial charge in [0.2, 0.25) is 0 Å². The van der Waals surface area contributed by atoms with Crippen LogP contribution in [0, 0.1) is 11.8 Å². The summed E-state index contributed by atoms with van der Waals surface area (Å²) in [6.07, 6.45) is 9.57. The topological polar surface area (TPSA) is 29.1 Å². The minimum absolute atomic E-state index is 0.206. The van der Waals surface area contributed by atoms with Crippen LogP contribution in [-0.4, -0.2) is 17.9 Å². The van der Waals surface area contributed by atoms with Gasteiger partial charge >= 0.3 is 0 Å². The van der Waals surface area contributed by atoms with Gasteiger partial charge < -0.3 is 5.32 Å². The van der Waals surface area contributed by atoms with Crippen LogP contribution in [0.1, 0.15) is 65.2 Å². The van der Waals surface area contributed by atoms with Gasteiger partial charge in [-0.1, -0.05) is 13.3 Å². The van der Waals surface area contributed by atoms with Gasteiger partial charge in [-0.05, 0) is 64.3 Å². The molecule has 0 spiro atoms. The van der Waals surface area contributed by atoms with Crippen molar-refractivity contribution < 1.29 is 4.79 Å². The van der Waals surface area contributed by atoms with E-state index in [1.54, 1.807) is 0 Å². The zero-order valence-corrected chi connectivity index (χ0v) is 11.4. The Labute approximate surface area is 106 Å². The van der Waals surface area contributed by atoms with Crippen molar-refractivity contribution in [1.29, 1.82) is 0 Å². The highest BCUT2D eigenvalue weighted by Crippen LogP contribution is 2.34. The number of Topliss-reactive ketones (excluding diaryl/α,β-unsaturated/α-hetero) is 1. The second-order valence-corrected chi connectivity index (χ2v) is 6.21. The Morgan fingerprint density at radius 2 is 1.94 bits per heavy atom. The third-order valence-corrected chi connectivity index (χ3v) is 4.96. The van der Waals surface area contributed by atoms with Gasteiger partial charge in [0.25, 0.3) is 0 Å². The van der Waals surface area contributed by atoms with E-state index in [0.29, 0.717) is 11.7 Å². The van der Waals surface area contributed by atoms with E-state index < -0.39 is 0 Å². The number of hydrogen-bond acceptors (Lipinski definition) is 2. The van der Waals surface area contributed by atoms with E-state index in [1.165, 1.54) is 32.1 Å². The second-order valence-electron chi connectivity index (χ2n) is 6.21. The maximum Gasteiger partial charge on any atom is 0.155 e. The highest BCUT2D eigenvalue weighted by Gasteiger charge is 2.39. The number of piperidine rings is 1. The summed E-state index contributed by atoms with van der Waals surface area (Å²) in [7, 11) is 0. The van der Waals surface area contributed by atoms with Crippen LogP contribution in [0.2, 0.25) is 0 Å². The minimum Gasteiger partial charge on any atom is -0.305 e. The van der Waals surface area contributed by atoms with Gasteiger partial charge in [-0.15, -0.1) is 0 Å². The number of nitrogens with one attached hydrogen (secondary N) is 1. The van der Waals surface area contributed by atoms with Crippen molar-refractivity contribution in [1.82, 2.24) is 5.32 Å². The van der Waals surface area contributed by atoms with Crippen molar-refractivity contribution in [3.05, 3.63) is 0 Å². The van der Waals surface area contributed by atoms with Crippen molar-refractivity contribution in [3.63, 3.8) is 0 Å². The fourth-order valence-corrected chi connectivity index (χ4v) is 3.55. The number of hydrogen-bond donors (Lipinski definition) is 1. The summed E-state index contributed by atoms with van der Waals surface area (Å²) in [5, 5.41) is 3.47. The summed E-state index contributed by atoms with van der Waals surface area (Å²) in [6, 6.07) is 0. The summed E-state index contributed by atoms with van der Waals surface area (Å²) in [5.41, 5.74) is -0.206. The summed E-state index contributed by atoms with van der Waals surface area (Å²) in [5.74, 6) is 1.73. The van der Waals surface area contributed by atoms with Gasteiger partial charge in [0, 0.05) is 5.92 Å². The van der Waals surface area contributed by atoms with Crippen molar-refractivity contribution in [2.75, 3.05) is 6.54 Å². The van der Waals surface area contributed by atoms with E-state index in [-0.39, 0.29) is 5.54 Å². The van der Waals surface area contributed by atoms with Crippen LogP contribution in [0.3, 0.4) is 0 Å². The van der Waals surface area contributed by atoms with Crippen LogP contribution in [0.4, 0.5) is 0 Å². The van der Waals surface area contributed by atoms with Crippen molar-refractivity contribution in [3.8, 4) is 0 Å². The molecule has 0 amide bonds. The zero-order valence-electron chi connectivity index (χ0n) is 11.4. The molecule has 0 bridgehead atoms. The average Bonchev–Trinajstić information content (AvgIpc) is 2.39. The average molecular weight is 237 g/mol. The lowest BCUT2D eigenvalue weighted by atomic mass is 9.73. The molecule has 2 aliphatic rings. The lowest BCUT2D eigenvalue weighted by Gasteiger charge is -2.38. The molecule has 0 aromatic heterocycles. The van der Waals surface area contributed by atoms with Crippen LogP contribution in [0.15, 0.2) is 0 Å². The first-order chi connectivity index (χ1) is 8.15. The summed E-state index contributed by atoms with van der Waals surface area (Å²) in [4.78, 5) is 12.6. The van der Waals surface area contributed by atoms with Gasteiger partial charge in [0.05, 0.1) is 5.54 Å². The molecule has 1 saturated carbocycles. The molecule has 98 valence electrons. The minimum atomic E-state index is -0.206. The third-order valence-electron chi connectivity index (χ3n) is 4.96. The lowest BCUT2D eigenvalue weighted by Crippen LogP contribution is -2.54. The molecule has 0 radical (unpaired) electrons. The monoisotopic (exact) mass is 237 g/mol. The summed E-state index contributed by atoms with van der Waals surface area (Å²) >= 11 is 0. The Morgan fingerprint density at radius 3 is 2.47 bits per heavy atom. The first-order valence-corrected chi connectivity index (χ1v) is 7.45. The van der Waals surface area contributed by atoms with Gasteiger partial charge in [-0.2, -0.15) is 0 Å². The Hall–Kier alpha value is -0.370. The van der Waals surface area contributed by atoms with Crippen molar-refractivity contribution >= 4 is 5.78 Å². The van der Waals surface area contributed by atoms with Gasteiger partial charge in [0.15, 0.2) is 5.78 Å². The Bertz CT molecular complexity index is 260. The highest BCUT2D eigenvalue weighted by atomic mass is 16.1. The molecule has 1 atom stereocenters. The normalized spacial score (nSPS) is 38.9. The quantitative estimate of drug-likeness (QED) is 0.816. The zero-order chi connectivity index (χ0) is 12.3. The Balaban J connectivity index is 1.91. The van der Waals surface area contributed by atoms with Gasteiger partial charge in [-0.3, -0.25) is 4.79 Å². The second kappa shape index (κ2) is 5.51. The molecule has 1 aliphatic heterocycles. The number of ketones is 1. The fraction of sp³-hybridized carbons (Fsp3) is 0.933. The molecule has 0 aromatic rings. The fourth-order valence-electron chi connectivity index (χ4n) is 3.55. The van der Waals surface area contributed by atoms with Crippen molar-refractivity contribution in [2.45, 2.75) is 70.8 Å². The van der Waals surface area contributed by atoms with E-state index in [4.69, 9.17) is 0 Å². The Morgan fingerprint density at radius 1 is 1.24 bits per heavy atom. The molecule has 2 fully saturated rings. The molecule has 1 aliphatic carbocycles. The summed E-state index contributed by atoms with van der Waals surface area (Å²) in [6.45, 7) is 5.42. The molecule has 2 heteroatoms. The predicted molar refractivity (Wildman–Crippen MR) is 71.0 cm³/mol. The molecule has 1 unspecified atom stereocenters. The maximum atomic E-state index is 12.6. The molecule has 0 aromatic carbocycles. The first-order valence-electron chi connectivity index (χ1n) is 7.45. The van der Waals surface area contributed by atoms with Crippen LogP contribution < -0.4 is 5.32 Å². The van der Waals surface area contributed by atoms with Gasteiger partial charge in [0.1, 0.15) is 0 Å². The van der Waals surface area contributed by atoms with Crippen LogP contribution in [-0.2, 0) is 4.79 Å². The van der Waals surface area contributed by atoms with Crippen LogP contribution >= 0.6 is 0 Å². The van der Waals surface area contributed by atoms with E-state index >= 15 is 0 Å². The molecule has 1 heterocycles. The highest BCUT2D eigenvalue weighted by molar-refractivity contribution is 5.90. The van der Waals surface area contributed by atoms with Crippen molar-refractivity contribution in [2.24, 2.45) is 11.8 Å². The third kappa shape index (κ3) is 2.90. The van der Waals surface area contributed by atoms with E-state index in [0.717, 1.165) is 31.7 Å². The maximum absolute atomic E-state index is 12.6. The molecular weight excluding hydrogens is 210 g/mol. The number of rotatable bonds is 3. The standard InChI is InChI=1S/C15H27NO/c1-3-12-6-8-13(9-7-12)14(17)15(2)10-4-5-11-16-15/h12-13,16H,3-11H2,1-2H3. The SMILES string of the molecule is CCC1CCC(C(=O)C2(C)CCCCN2)CC1. The molecule has 2 rings (SSSR count). The molecular formula is C15H27NO. The van der Waals surface area contributed by atoms with Crippen LogP contribution in [0.25, 0.3) is 0 Å². The summed E-state index contributed by atoms with van der Waals surface area (Å²) < 4.78 is 0. The smallest absolute Gasteiger partial charge is 0.155 e.